The van der Waals surface area contributed by atoms with Gasteiger partial charge in [-0.3, -0.25) is 14.2 Å². The molecule has 1 amide bonds. The quantitative estimate of drug-likeness (QED) is 0.621. The number of aryl methyl sites for hydroxylation is 1. The zero-order chi connectivity index (χ0) is 21.7. The molecule has 2 aromatic carbocycles. The van der Waals surface area contributed by atoms with Crippen LogP contribution < -0.4 is 16.1 Å². The van der Waals surface area contributed by atoms with Gasteiger partial charge in [0.2, 0.25) is 0 Å². The molecule has 0 spiro atoms. The molecule has 3 rings (SSSR count). The van der Waals surface area contributed by atoms with Gasteiger partial charge >= 0.3 is 5.69 Å². The lowest BCUT2D eigenvalue weighted by molar-refractivity contribution is 0.0984. The molecule has 0 aliphatic carbocycles. The Kier molecular flexibility index (Phi) is 6.90. The van der Waals surface area contributed by atoms with Crippen LogP contribution in [0.1, 0.15) is 41.3 Å². The van der Waals surface area contributed by atoms with Gasteiger partial charge in [-0.1, -0.05) is 55.3 Å². The number of amides is 1. The molecule has 7 heteroatoms. The SMILES string of the molecule is CCCCN(C(=O)c1c[nH]c(=O)n(Cc2ccccc2Cl)c1=O)c1cccc(C)c1. The molecule has 156 valence electrons. The number of carbonyl (C=O) groups excluding carboxylic acids is 1. The normalized spacial score (nSPS) is 10.8. The van der Waals surface area contributed by atoms with Crippen molar-refractivity contribution in [2.45, 2.75) is 33.2 Å². The summed E-state index contributed by atoms with van der Waals surface area (Å²) in [5, 5.41) is 0.449. The maximum atomic E-state index is 13.3. The Morgan fingerprint density at radius 1 is 1.13 bits per heavy atom. The Balaban J connectivity index is 2.03. The first kappa shape index (κ1) is 21.6. The molecule has 1 aromatic heterocycles. The standard InChI is InChI=1S/C23H24ClN3O3/c1-3-4-12-26(18-10-7-8-16(2)13-18)21(28)19-14-25-23(30)27(22(19)29)15-17-9-5-6-11-20(17)24/h5-11,13-14H,3-4,12,15H2,1-2H3,(H,25,30). The summed E-state index contributed by atoms with van der Waals surface area (Å²) in [6.07, 6.45) is 2.89. The van der Waals surface area contributed by atoms with Gasteiger partial charge in [0.15, 0.2) is 0 Å². The van der Waals surface area contributed by atoms with Crippen molar-refractivity contribution in [3.8, 4) is 0 Å². The Morgan fingerprint density at radius 2 is 1.90 bits per heavy atom. The summed E-state index contributed by atoms with van der Waals surface area (Å²) in [5.74, 6) is -0.441. The predicted octanol–water partition coefficient (Wildman–Crippen LogP) is 3.99. The van der Waals surface area contributed by atoms with Gasteiger partial charge in [-0.05, 0) is 42.7 Å². The third-order valence-electron chi connectivity index (χ3n) is 4.87. The molecule has 0 fully saturated rings. The van der Waals surface area contributed by atoms with Crippen LogP contribution in [0, 0.1) is 6.92 Å². The van der Waals surface area contributed by atoms with Gasteiger partial charge in [-0.15, -0.1) is 0 Å². The molecule has 3 aromatic rings. The Labute approximate surface area is 179 Å². The van der Waals surface area contributed by atoms with Crippen LogP contribution in [-0.2, 0) is 6.54 Å². The number of hydrogen-bond acceptors (Lipinski definition) is 3. The third kappa shape index (κ3) is 4.71. The van der Waals surface area contributed by atoms with Gasteiger partial charge in [-0.25, -0.2) is 4.79 Å². The summed E-state index contributed by atoms with van der Waals surface area (Å²) >= 11 is 6.18. The molecule has 0 aliphatic rings. The average Bonchev–Trinajstić information content (AvgIpc) is 2.72. The molecular weight excluding hydrogens is 402 g/mol. The molecule has 0 aliphatic heterocycles. The maximum absolute atomic E-state index is 13.3. The number of rotatable bonds is 7. The number of nitrogens with one attached hydrogen (secondary N) is 1. The minimum atomic E-state index is -0.641. The molecule has 0 saturated heterocycles. The van der Waals surface area contributed by atoms with E-state index in [1.807, 2.05) is 38.1 Å². The topological polar surface area (TPSA) is 75.2 Å². The van der Waals surface area contributed by atoms with Crippen molar-refractivity contribution in [1.82, 2.24) is 9.55 Å². The lowest BCUT2D eigenvalue weighted by atomic mass is 10.1. The zero-order valence-corrected chi connectivity index (χ0v) is 17.8. The molecule has 0 bridgehead atoms. The van der Waals surface area contributed by atoms with Crippen molar-refractivity contribution in [2.24, 2.45) is 0 Å². The van der Waals surface area contributed by atoms with Crippen LogP contribution in [0.15, 0.2) is 64.3 Å². The first-order chi connectivity index (χ1) is 14.4. The van der Waals surface area contributed by atoms with Gasteiger partial charge in [0, 0.05) is 23.5 Å². The Hall–Kier alpha value is -3.12. The zero-order valence-electron chi connectivity index (χ0n) is 17.0. The van der Waals surface area contributed by atoms with Crippen LogP contribution in [0.3, 0.4) is 0 Å². The highest BCUT2D eigenvalue weighted by Gasteiger charge is 2.22. The minimum Gasteiger partial charge on any atom is -0.313 e. The van der Waals surface area contributed by atoms with Crippen molar-refractivity contribution in [2.75, 3.05) is 11.4 Å². The molecule has 0 unspecified atom stereocenters. The van der Waals surface area contributed by atoms with E-state index in [1.165, 1.54) is 6.20 Å². The van der Waals surface area contributed by atoms with Crippen molar-refractivity contribution in [1.29, 1.82) is 0 Å². The number of anilines is 1. The summed E-state index contributed by atoms with van der Waals surface area (Å²) in [5.41, 5.74) is 1.04. The lowest BCUT2D eigenvalue weighted by Crippen LogP contribution is -2.42. The molecule has 6 nitrogen and oxygen atoms in total. The predicted molar refractivity (Wildman–Crippen MR) is 120 cm³/mol. The highest BCUT2D eigenvalue weighted by atomic mass is 35.5. The van der Waals surface area contributed by atoms with E-state index in [2.05, 4.69) is 4.98 Å². The summed E-state index contributed by atoms with van der Waals surface area (Å²) in [7, 11) is 0. The maximum Gasteiger partial charge on any atom is 0.328 e. The van der Waals surface area contributed by atoms with E-state index in [4.69, 9.17) is 11.6 Å². The van der Waals surface area contributed by atoms with Gasteiger partial charge in [0.05, 0.1) is 6.54 Å². The number of benzene rings is 2. The summed E-state index contributed by atoms with van der Waals surface area (Å²) < 4.78 is 1.00. The van der Waals surface area contributed by atoms with E-state index >= 15 is 0 Å². The van der Waals surface area contributed by atoms with Crippen LogP contribution in [0.5, 0.6) is 0 Å². The van der Waals surface area contributed by atoms with Crippen molar-refractivity contribution < 1.29 is 4.79 Å². The van der Waals surface area contributed by atoms with E-state index < -0.39 is 17.2 Å². The fourth-order valence-electron chi connectivity index (χ4n) is 3.21. The fourth-order valence-corrected chi connectivity index (χ4v) is 3.41. The van der Waals surface area contributed by atoms with Gasteiger partial charge in [-0.2, -0.15) is 0 Å². The molecule has 1 heterocycles. The highest BCUT2D eigenvalue weighted by molar-refractivity contribution is 6.31. The number of halogens is 1. The van der Waals surface area contributed by atoms with Gasteiger partial charge in [0.1, 0.15) is 5.56 Å². The number of hydrogen-bond donors (Lipinski definition) is 1. The molecule has 30 heavy (non-hydrogen) atoms. The number of aromatic nitrogens is 2. The average molecular weight is 426 g/mol. The molecule has 1 N–H and O–H groups in total. The number of aromatic amines is 1. The monoisotopic (exact) mass is 425 g/mol. The fraction of sp³-hybridized carbons (Fsp3) is 0.261. The summed E-state index contributed by atoms with van der Waals surface area (Å²) in [6.45, 7) is 4.44. The lowest BCUT2D eigenvalue weighted by Gasteiger charge is -2.23. The second kappa shape index (κ2) is 9.59. The first-order valence-electron chi connectivity index (χ1n) is 9.86. The molecule has 0 saturated carbocycles. The Morgan fingerprint density at radius 3 is 2.60 bits per heavy atom. The number of carbonyl (C=O) groups is 1. The first-order valence-corrected chi connectivity index (χ1v) is 10.2. The Bertz CT molecular complexity index is 1170. The minimum absolute atomic E-state index is 0.0195. The van der Waals surface area contributed by atoms with Crippen LogP contribution in [0.25, 0.3) is 0 Å². The van der Waals surface area contributed by atoms with Crippen LogP contribution in [0.2, 0.25) is 5.02 Å². The summed E-state index contributed by atoms with van der Waals surface area (Å²) in [6, 6.07) is 14.5. The van der Waals surface area contributed by atoms with Crippen LogP contribution >= 0.6 is 11.6 Å². The largest absolute Gasteiger partial charge is 0.328 e. The van der Waals surface area contributed by atoms with E-state index in [9.17, 15) is 14.4 Å². The van der Waals surface area contributed by atoms with E-state index in [0.717, 1.165) is 28.7 Å². The van der Waals surface area contributed by atoms with Crippen molar-refractivity contribution in [3.63, 3.8) is 0 Å². The van der Waals surface area contributed by atoms with Crippen molar-refractivity contribution >= 4 is 23.2 Å². The van der Waals surface area contributed by atoms with Gasteiger partial charge < -0.3 is 9.88 Å². The molecular formula is C23H24ClN3O3. The highest BCUT2D eigenvalue weighted by Crippen LogP contribution is 2.19. The van der Waals surface area contributed by atoms with E-state index in [1.54, 1.807) is 29.2 Å². The van der Waals surface area contributed by atoms with Crippen molar-refractivity contribution in [3.05, 3.63) is 97.3 Å². The second-order valence-corrected chi connectivity index (χ2v) is 7.55. The summed E-state index contributed by atoms with van der Waals surface area (Å²) in [4.78, 5) is 42.8. The van der Waals surface area contributed by atoms with Gasteiger partial charge in [0.25, 0.3) is 11.5 Å². The number of H-pyrrole nitrogens is 1. The molecule has 0 atom stereocenters. The number of nitrogens with zero attached hydrogens (tertiary/aromatic N) is 2. The second-order valence-electron chi connectivity index (χ2n) is 7.14. The number of unbranched alkanes of at least 4 members (excludes halogenated alkanes) is 1. The smallest absolute Gasteiger partial charge is 0.313 e. The van der Waals surface area contributed by atoms with Crippen LogP contribution in [-0.4, -0.2) is 22.0 Å². The van der Waals surface area contributed by atoms with E-state index in [0.29, 0.717) is 17.1 Å². The van der Waals surface area contributed by atoms with E-state index in [-0.39, 0.29) is 12.1 Å². The molecule has 0 radical (unpaired) electrons. The third-order valence-corrected chi connectivity index (χ3v) is 5.24. The van der Waals surface area contributed by atoms with Crippen LogP contribution in [0.4, 0.5) is 5.69 Å².